The third kappa shape index (κ3) is 2.07. The maximum atomic E-state index is 10.6. The van der Waals surface area contributed by atoms with Gasteiger partial charge in [0, 0.05) is 0 Å². The van der Waals surface area contributed by atoms with Gasteiger partial charge in [-0.2, -0.15) is 0 Å². The number of carbonyl (C=O) groups is 1. The monoisotopic (exact) mass is 218 g/mol. The molecule has 6 nitrogen and oxygen atoms in total. The summed E-state index contributed by atoms with van der Waals surface area (Å²) in [7, 11) is -4.64. The zero-order valence-electron chi connectivity index (χ0n) is 6.72. The first kappa shape index (κ1) is 13.0. The van der Waals surface area contributed by atoms with Crippen LogP contribution in [0.1, 0.15) is 6.92 Å². The van der Waals surface area contributed by atoms with E-state index in [2.05, 4.69) is 0 Å². The minimum absolute atomic E-state index is 0. The van der Waals surface area contributed by atoms with Crippen molar-refractivity contribution >= 4 is 16.2 Å². The van der Waals surface area contributed by atoms with Gasteiger partial charge in [-0.1, -0.05) is 0 Å². The van der Waals surface area contributed by atoms with E-state index in [0.29, 0.717) is 0 Å². The van der Waals surface area contributed by atoms with Crippen molar-refractivity contribution in [3.63, 3.8) is 0 Å². The Balaban J connectivity index is 0.00000121. The van der Waals surface area contributed by atoms with Gasteiger partial charge in [-0.3, -0.25) is 4.79 Å². The van der Waals surface area contributed by atoms with Gasteiger partial charge in [0.05, 0.1) is 6.04 Å². The smallest absolute Gasteiger partial charge is 0.731 e. The molecule has 1 aliphatic rings. The van der Waals surface area contributed by atoms with E-state index in [-0.39, 0.29) is 55.7 Å². The molecule has 2 atom stereocenters. The molecule has 1 amide bonds. The van der Waals surface area contributed by atoms with Crippen LogP contribution in [-0.2, 0) is 15.1 Å². The van der Waals surface area contributed by atoms with E-state index in [9.17, 15) is 17.8 Å². The van der Waals surface area contributed by atoms with Crippen LogP contribution >= 0.6 is 0 Å². The molecule has 0 unspecified atom stereocenters. The third-order valence-electron chi connectivity index (χ3n) is 1.63. The molecule has 1 saturated heterocycles. The van der Waals surface area contributed by atoms with Crippen molar-refractivity contribution in [2.75, 3.05) is 0 Å². The molecular formula is C4H7KN2O4S. The van der Waals surface area contributed by atoms with Crippen LogP contribution in [0.4, 0.5) is 0 Å². The van der Waals surface area contributed by atoms with E-state index in [0.717, 1.165) is 0 Å². The molecule has 2 N–H and O–H groups in total. The van der Waals surface area contributed by atoms with Gasteiger partial charge in [-0.25, -0.2) is 12.7 Å². The summed E-state index contributed by atoms with van der Waals surface area (Å²) >= 11 is 0. The van der Waals surface area contributed by atoms with Crippen molar-refractivity contribution in [3.8, 4) is 0 Å². The molecule has 0 bridgehead atoms. The number of carbonyl (C=O) groups excluding carboxylic acids is 1. The van der Waals surface area contributed by atoms with Gasteiger partial charge in [0.1, 0.15) is 6.04 Å². The summed E-state index contributed by atoms with van der Waals surface area (Å²) in [5.41, 5.74) is 5.16. The molecule has 1 aliphatic heterocycles. The Labute approximate surface area is 113 Å². The number of rotatable bonds is 1. The molecule has 12 heavy (non-hydrogen) atoms. The van der Waals surface area contributed by atoms with E-state index >= 15 is 0 Å². The van der Waals surface area contributed by atoms with Gasteiger partial charge in [0.2, 0.25) is 0 Å². The molecule has 0 aromatic heterocycles. The first-order valence-corrected chi connectivity index (χ1v) is 4.27. The van der Waals surface area contributed by atoms with Gasteiger partial charge < -0.3 is 10.3 Å². The van der Waals surface area contributed by atoms with Gasteiger partial charge in [-0.05, 0) is 6.92 Å². The first-order chi connectivity index (χ1) is 4.85. The van der Waals surface area contributed by atoms with Crippen LogP contribution in [0.15, 0.2) is 0 Å². The van der Waals surface area contributed by atoms with Crippen molar-refractivity contribution < 1.29 is 69.1 Å². The van der Waals surface area contributed by atoms with Gasteiger partial charge >= 0.3 is 51.4 Å². The van der Waals surface area contributed by atoms with E-state index in [4.69, 9.17) is 5.73 Å². The fourth-order valence-electron chi connectivity index (χ4n) is 0.932. The largest absolute Gasteiger partial charge is 1.00 e. The van der Waals surface area contributed by atoms with Crippen molar-refractivity contribution in [2.45, 2.75) is 19.0 Å². The summed E-state index contributed by atoms with van der Waals surface area (Å²) < 4.78 is 31.1. The van der Waals surface area contributed by atoms with E-state index in [1.807, 2.05) is 0 Å². The van der Waals surface area contributed by atoms with Crippen LogP contribution in [0, 0.1) is 0 Å². The summed E-state index contributed by atoms with van der Waals surface area (Å²) in [5.74, 6) is -0.826. The summed E-state index contributed by atoms with van der Waals surface area (Å²) in [6.07, 6.45) is 0. The number of nitrogens with two attached hydrogens (primary N) is 1. The predicted molar refractivity (Wildman–Crippen MR) is 34.0 cm³/mol. The van der Waals surface area contributed by atoms with E-state index in [1.165, 1.54) is 6.92 Å². The van der Waals surface area contributed by atoms with Crippen molar-refractivity contribution in [2.24, 2.45) is 5.73 Å². The number of β-lactam (4-membered cyclic amide) rings is 1. The molecule has 0 saturated carbocycles. The van der Waals surface area contributed by atoms with Crippen LogP contribution in [0.2, 0.25) is 0 Å². The van der Waals surface area contributed by atoms with Crippen LogP contribution < -0.4 is 57.1 Å². The Kier molecular flexibility index (Phi) is 4.33. The molecule has 0 spiro atoms. The Morgan fingerprint density at radius 1 is 1.58 bits per heavy atom. The molecule has 0 aromatic carbocycles. The number of nitrogens with zero attached hydrogens (tertiary/aromatic N) is 1. The molecule has 1 fully saturated rings. The zero-order chi connectivity index (χ0) is 8.81. The standard InChI is InChI=1S/C4H8N2O4S.K/c1-2-3(5)4(7)6(2)11(8,9)10;/h2-3H,5H2,1H3,(H,8,9,10);/q;+1/p-1/t2-,3-;/m0./s1. The second kappa shape index (κ2) is 4.01. The molecule has 0 aromatic rings. The summed E-state index contributed by atoms with van der Waals surface area (Å²) in [4.78, 5) is 10.6. The first-order valence-electron chi connectivity index (χ1n) is 2.90. The van der Waals surface area contributed by atoms with Crippen LogP contribution in [0.25, 0.3) is 0 Å². The Bertz CT molecular complexity index is 289. The number of hydrogen-bond donors (Lipinski definition) is 1. The molecule has 0 aliphatic carbocycles. The van der Waals surface area contributed by atoms with Crippen LogP contribution in [0.5, 0.6) is 0 Å². The third-order valence-corrected chi connectivity index (χ3v) is 2.63. The molecule has 64 valence electrons. The Morgan fingerprint density at radius 3 is 2.17 bits per heavy atom. The minimum atomic E-state index is -4.64. The fourth-order valence-corrected chi connectivity index (χ4v) is 1.81. The number of amides is 1. The van der Waals surface area contributed by atoms with Gasteiger partial charge in [0.15, 0.2) is 10.3 Å². The second-order valence-corrected chi connectivity index (χ2v) is 3.61. The molecule has 0 radical (unpaired) electrons. The Morgan fingerprint density at radius 2 is 2.00 bits per heavy atom. The molecular weight excluding hydrogens is 211 g/mol. The quantitative estimate of drug-likeness (QED) is 0.270. The normalized spacial score (nSPS) is 29.2. The Hall–Kier alpha value is 0.976. The SMILES string of the molecule is C[C@H]1[C@H](N)C(=O)N1S(=O)(=O)[O-].[K+]. The molecule has 1 rings (SSSR count). The summed E-state index contributed by atoms with van der Waals surface area (Å²) in [5, 5.41) is 0. The zero-order valence-corrected chi connectivity index (χ0v) is 10.7. The second-order valence-electron chi connectivity index (χ2n) is 2.36. The van der Waals surface area contributed by atoms with Crippen LogP contribution in [0.3, 0.4) is 0 Å². The molecule has 1 heterocycles. The minimum Gasteiger partial charge on any atom is -0.731 e. The average molecular weight is 218 g/mol. The maximum Gasteiger partial charge on any atom is 1.00 e. The summed E-state index contributed by atoms with van der Waals surface area (Å²) in [6.45, 7) is 1.40. The van der Waals surface area contributed by atoms with Gasteiger partial charge in [0.25, 0.3) is 5.91 Å². The predicted octanol–water partition coefficient (Wildman–Crippen LogP) is -4.99. The van der Waals surface area contributed by atoms with E-state index in [1.54, 1.807) is 0 Å². The van der Waals surface area contributed by atoms with Crippen molar-refractivity contribution in [1.29, 1.82) is 0 Å². The topological polar surface area (TPSA) is 104 Å². The average Bonchev–Trinajstić information content (AvgIpc) is 1.85. The number of hydrogen-bond acceptors (Lipinski definition) is 5. The van der Waals surface area contributed by atoms with Gasteiger partial charge in [-0.15, -0.1) is 0 Å². The van der Waals surface area contributed by atoms with Crippen molar-refractivity contribution in [1.82, 2.24) is 4.31 Å². The fraction of sp³-hybridized carbons (Fsp3) is 0.750. The maximum absolute atomic E-state index is 10.6. The summed E-state index contributed by atoms with van der Waals surface area (Å²) in [6, 6.07) is -1.55. The van der Waals surface area contributed by atoms with Crippen molar-refractivity contribution in [3.05, 3.63) is 0 Å². The van der Waals surface area contributed by atoms with Crippen LogP contribution in [-0.4, -0.2) is 35.3 Å². The van der Waals surface area contributed by atoms with E-state index < -0.39 is 28.3 Å². The molecule has 8 heteroatoms.